The average molecular weight is 232 g/mol. The zero-order valence-corrected chi connectivity index (χ0v) is 10.1. The van der Waals surface area contributed by atoms with Crippen molar-refractivity contribution in [2.75, 3.05) is 6.54 Å². The molecule has 83 valence electrons. The summed E-state index contributed by atoms with van der Waals surface area (Å²) in [4.78, 5) is 8.13. The quantitative estimate of drug-likeness (QED) is 0.788. The van der Waals surface area contributed by atoms with Crippen LogP contribution in [0.3, 0.4) is 0 Å². The second kappa shape index (κ2) is 4.03. The predicted molar refractivity (Wildman–Crippen MR) is 64.2 cm³/mol. The van der Waals surface area contributed by atoms with Gasteiger partial charge in [-0.1, -0.05) is 0 Å². The molecule has 0 spiro atoms. The third kappa shape index (κ3) is 1.79. The van der Waals surface area contributed by atoms with Gasteiger partial charge in [0.2, 0.25) is 0 Å². The Kier molecular flexibility index (Phi) is 2.53. The molecule has 1 aliphatic rings. The van der Waals surface area contributed by atoms with Crippen molar-refractivity contribution < 1.29 is 0 Å². The summed E-state index contributed by atoms with van der Waals surface area (Å²) >= 11 is 1.66. The molecule has 0 bridgehead atoms. The van der Waals surface area contributed by atoms with Crippen molar-refractivity contribution in [3.63, 3.8) is 0 Å². The maximum Gasteiger partial charge on any atom is 0.152 e. The molecule has 0 atom stereocenters. The highest BCUT2D eigenvalue weighted by molar-refractivity contribution is 7.09. The largest absolute Gasteiger partial charge is 0.353 e. The lowest BCUT2D eigenvalue weighted by atomic mass is 10.2. The number of hydrogen-bond acceptors (Lipinski definition) is 3. The van der Waals surface area contributed by atoms with Crippen LogP contribution in [-0.2, 0) is 26.6 Å². The van der Waals surface area contributed by atoms with Crippen molar-refractivity contribution in [2.24, 2.45) is 7.05 Å². The summed E-state index contributed by atoms with van der Waals surface area (Å²) in [6.45, 7) is 3.16. The van der Waals surface area contributed by atoms with Gasteiger partial charge in [0.25, 0.3) is 0 Å². The summed E-state index contributed by atoms with van der Waals surface area (Å²) in [6, 6.07) is 4.29. The summed E-state index contributed by atoms with van der Waals surface area (Å²) in [7, 11) is 2.10. The monoisotopic (exact) mass is 232 g/mol. The van der Waals surface area contributed by atoms with Gasteiger partial charge in [-0.25, -0.2) is 4.98 Å². The lowest BCUT2D eigenvalue weighted by molar-refractivity contribution is 0.242. The van der Waals surface area contributed by atoms with E-state index in [1.54, 1.807) is 11.3 Å². The molecule has 0 unspecified atom stereocenters. The molecule has 0 amide bonds. The van der Waals surface area contributed by atoms with Gasteiger partial charge in [-0.2, -0.15) is 0 Å². The Balaban J connectivity index is 1.73. The van der Waals surface area contributed by atoms with Gasteiger partial charge in [-0.05, 0) is 12.1 Å². The van der Waals surface area contributed by atoms with Gasteiger partial charge >= 0.3 is 0 Å². The van der Waals surface area contributed by atoms with Crippen LogP contribution in [0.2, 0.25) is 0 Å². The van der Waals surface area contributed by atoms with E-state index in [1.807, 2.05) is 0 Å². The molecule has 0 fully saturated rings. The summed E-state index contributed by atoms with van der Waals surface area (Å²) in [5, 5.41) is 0. The van der Waals surface area contributed by atoms with Gasteiger partial charge in [-0.3, -0.25) is 4.90 Å². The maximum absolute atomic E-state index is 4.27. The van der Waals surface area contributed by atoms with E-state index in [9.17, 15) is 0 Å². The molecule has 0 saturated carbocycles. The van der Waals surface area contributed by atoms with Crippen molar-refractivity contribution in [2.45, 2.75) is 19.5 Å². The van der Waals surface area contributed by atoms with Crippen LogP contribution in [0.25, 0.3) is 0 Å². The van der Waals surface area contributed by atoms with Crippen LogP contribution in [-0.4, -0.2) is 21.0 Å². The van der Waals surface area contributed by atoms with Crippen molar-refractivity contribution in [3.8, 4) is 0 Å². The van der Waals surface area contributed by atoms with Crippen LogP contribution in [0.5, 0.6) is 0 Å². The van der Waals surface area contributed by atoms with Gasteiger partial charge in [0.15, 0.2) is 5.51 Å². The Morgan fingerprint density at radius 1 is 1.56 bits per heavy atom. The number of thiazole rings is 1. The Morgan fingerprint density at radius 3 is 3.31 bits per heavy atom. The third-order valence-corrected chi connectivity index (χ3v) is 3.93. The van der Waals surface area contributed by atoms with Crippen LogP contribution in [0, 0.1) is 5.51 Å². The fourth-order valence-corrected chi connectivity index (χ4v) is 2.92. The summed E-state index contributed by atoms with van der Waals surface area (Å²) in [5.74, 6) is 0. The zero-order valence-electron chi connectivity index (χ0n) is 9.31. The first-order valence-electron chi connectivity index (χ1n) is 5.50. The van der Waals surface area contributed by atoms with Crippen LogP contribution >= 0.6 is 11.3 Å². The number of nitrogens with zero attached hydrogens (tertiary/aromatic N) is 3. The second-order valence-corrected chi connectivity index (χ2v) is 5.13. The van der Waals surface area contributed by atoms with E-state index >= 15 is 0 Å². The Hall–Kier alpha value is -1.13. The molecule has 3 nitrogen and oxygen atoms in total. The van der Waals surface area contributed by atoms with E-state index in [0.29, 0.717) is 0 Å². The fraction of sp³-hybridized carbons (Fsp3) is 0.417. The third-order valence-electron chi connectivity index (χ3n) is 3.14. The number of fused-ring (bicyclic) bond motifs is 1. The normalized spacial score (nSPS) is 16.3. The van der Waals surface area contributed by atoms with Crippen molar-refractivity contribution in [1.82, 2.24) is 14.5 Å². The standard InChI is InChI=1S/C12H14N3S/c1-14-5-2-3-10(14)7-15-6-4-11-12(8-15)16-9-13-11/h2-3,5H,4,6-8H2,1H3. The zero-order chi connectivity index (χ0) is 11.0. The molecule has 3 rings (SSSR count). The molecule has 2 aromatic heterocycles. The first-order chi connectivity index (χ1) is 7.83. The van der Waals surface area contributed by atoms with Crippen LogP contribution < -0.4 is 0 Å². The molecule has 0 aromatic carbocycles. The minimum absolute atomic E-state index is 1.03. The Morgan fingerprint density at radius 2 is 2.50 bits per heavy atom. The van der Waals surface area contributed by atoms with E-state index in [2.05, 4.69) is 45.3 Å². The van der Waals surface area contributed by atoms with Crippen LogP contribution in [0.1, 0.15) is 16.3 Å². The Labute approximate surface area is 99.3 Å². The van der Waals surface area contributed by atoms with Gasteiger partial charge < -0.3 is 4.57 Å². The minimum Gasteiger partial charge on any atom is -0.353 e. The van der Waals surface area contributed by atoms with E-state index in [1.165, 1.54) is 16.3 Å². The van der Waals surface area contributed by atoms with Crippen molar-refractivity contribution in [3.05, 3.63) is 40.1 Å². The molecule has 2 aromatic rings. The van der Waals surface area contributed by atoms with Crippen molar-refractivity contribution >= 4 is 11.3 Å². The maximum atomic E-state index is 4.27. The molecule has 0 N–H and O–H groups in total. The van der Waals surface area contributed by atoms with Gasteiger partial charge in [0.1, 0.15) is 0 Å². The molecular weight excluding hydrogens is 218 g/mol. The minimum atomic E-state index is 1.03. The van der Waals surface area contributed by atoms with E-state index in [4.69, 9.17) is 0 Å². The van der Waals surface area contributed by atoms with Gasteiger partial charge in [-0.15, -0.1) is 11.3 Å². The van der Waals surface area contributed by atoms with E-state index in [-0.39, 0.29) is 0 Å². The molecule has 0 saturated heterocycles. The van der Waals surface area contributed by atoms with E-state index < -0.39 is 0 Å². The van der Waals surface area contributed by atoms with Gasteiger partial charge in [0, 0.05) is 49.9 Å². The average Bonchev–Trinajstić information content (AvgIpc) is 2.88. The molecular formula is C12H14N3S. The number of rotatable bonds is 2. The predicted octanol–water partition coefficient (Wildman–Crippen LogP) is 1.84. The SMILES string of the molecule is Cn1cccc1CN1CCc2n[c]sc2C1. The van der Waals surface area contributed by atoms with Crippen LogP contribution in [0.15, 0.2) is 18.3 Å². The number of hydrogen-bond donors (Lipinski definition) is 0. The van der Waals surface area contributed by atoms with Crippen molar-refractivity contribution in [1.29, 1.82) is 0 Å². The lowest BCUT2D eigenvalue weighted by Gasteiger charge is -2.25. The number of aryl methyl sites for hydroxylation is 1. The first kappa shape index (κ1) is 10.1. The molecule has 0 aliphatic carbocycles. The number of aromatic nitrogens is 2. The molecule has 4 heteroatoms. The highest BCUT2D eigenvalue weighted by Gasteiger charge is 2.18. The molecule has 16 heavy (non-hydrogen) atoms. The summed E-state index contributed by atoms with van der Waals surface area (Å²) < 4.78 is 2.19. The fourth-order valence-electron chi connectivity index (χ4n) is 2.14. The summed E-state index contributed by atoms with van der Waals surface area (Å²) in [6.07, 6.45) is 3.17. The van der Waals surface area contributed by atoms with E-state index in [0.717, 1.165) is 26.1 Å². The smallest absolute Gasteiger partial charge is 0.152 e. The highest BCUT2D eigenvalue weighted by Crippen LogP contribution is 2.22. The topological polar surface area (TPSA) is 21.1 Å². The second-order valence-electron chi connectivity index (χ2n) is 4.25. The molecule has 3 heterocycles. The highest BCUT2D eigenvalue weighted by atomic mass is 32.1. The summed E-state index contributed by atoms with van der Waals surface area (Å²) in [5.41, 5.74) is 5.62. The Bertz CT molecular complexity index is 486. The van der Waals surface area contributed by atoms with Crippen LogP contribution in [0.4, 0.5) is 0 Å². The first-order valence-corrected chi connectivity index (χ1v) is 6.32. The lowest BCUT2D eigenvalue weighted by Crippen LogP contribution is -2.30. The molecule has 1 radical (unpaired) electrons. The molecule has 1 aliphatic heterocycles. The van der Waals surface area contributed by atoms with Gasteiger partial charge in [0.05, 0.1) is 5.69 Å².